The molecular formula is C23H31N3O4. The number of para-hydroxylation sites is 1. The van der Waals surface area contributed by atoms with Crippen LogP contribution in [0.3, 0.4) is 0 Å². The first kappa shape index (κ1) is 21.8. The highest BCUT2D eigenvalue weighted by atomic mass is 16.5. The molecule has 0 saturated carbocycles. The number of rotatable bonds is 8. The number of carbonyl (C=O) groups excluding carboxylic acids is 1. The van der Waals surface area contributed by atoms with E-state index in [1.807, 2.05) is 25.2 Å². The van der Waals surface area contributed by atoms with E-state index in [4.69, 9.17) is 14.2 Å². The molecule has 30 heavy (non-hydrogen) atoms. The third-order valence-corrected chi connectivity index (χ3v) is 5.47. The monoisotopic (exact) mass is 413 g/mol. The van der Waals surface area contributed by atoms with Crippen LogP contribution in [-0.2, 0) is 11.3 Å². The van der Waals surface area contributed by atoms with Gasteiger partial charge in [-0.3, -0.25) is 9.69 Å². The third kappa shape index (κ3) is 4.97. The fraction of sp³-hybridized carbons (Fsp3) is 0.435. The first-order valence-corrected chi connectivity index (χ1v) is 10.1. The molecule has 0 unspecified atom stereocenters. The Labute approximate surface area is 178 Å². The Morgan fingerprint density at radius 1 is 0.900 bits per heavy atom. The summed E-state index contributed by atoms with van der Waals surface area (Å²) in [5, 5.41) is 0. The summed E-state index contributed by atoms with van der Waals surface area (Å²) in [6.45, 7) is 4.43. The number of piperazine rings is 1. The Morgan fingerprint density at radius 2 is 1.57 bits per heavy atom. The summed E-state index contributed by atoms with van der Waals surface area (Å²) in [5.74, 6) is 1.81. The van der Waals surface area contributed by atoms with Crippen molar-refractivity contribution in [2.75, 3.05) is 66.0 Å². The van der Waals surface area contributed by atoms with Gasteiger partial charge in [0.15, 0.2) is 11.5 Å². The van der Waals surface area contributed by atoms with Crippen molar-refractivity contribution in [3.8, 4) is 17.2 Å². The number of amides is 1. The molecule has 1 aliphatic rings. The molecule has 3 rings (SSSR count). The van der Waals surface area contributed by atoms with E-state index in [2.05, 4.69) is 34.1 Å². The lowest BCUT2D eigenvalue weighted by atomic mass is 10.1. The Morgan fingerprint density at radius 3 is 2.17 bits per heavy atom. The highest BCUT2D eigenvalue weighted by Gasteiger charge is 2.22. The van der Waals surface area contributed by atoms with Crippen LogP contribution in [0.4, 0.5) is 5.69 Å². The van der Waals surface area contributed by atoms with Crippen LogP contribution in [0.1, 0.15) is 5.56 Å². The number of nitrogens with zero attached hydrogens (tertiary/aromatic N) is 3. The molecule has 2 aromatic rings. The second kappa shape index (κ2) is 10.2. The second-order valence-electron chi connectivity index (χ2n) is 7.34. The van der Waals surface area contributed by atoms with Gasteiger partial charge < -0.3 is 24.0 Å². The summed E-state index contributed by atoms with van der Waals surface area (Å²) >= 11 is 0. The van der Waals surface area contributed by atoms with Crippen molar-refractivity contribution < 1.29 is 19.0 Å². The smallest absolute Gasteiger partial charge is 0.236 e. The van der Waals surface area contributed by atoms with Crippen LogP contribution in [0, 0.1) is 0 Å². The molecule has 162 valence electrons. The fourth-order valence-electron chi connectivity index (χ4n) is 3.75. The maximum Gasteiger partial charge on any atom is 0.236 e. The second-order valence-corrected chi connectivity index (χ2v) is 7.34. The molecule has 7 heteroatoms. The van der Waals surface area contributed by atoms with Crippen LogP contribution in [0.5, 0.6) is 17.2 Å². The molecule has 0 spiro atoms. The number of benzene rings is 2. The minimum absolute atomic E-state index is 0.0833. The molecule has 1 aliphatic heterocycles. The molecule has 0 atom stereocenters. The van der Waals surface area contributed by atoms with Gasteiger partial charge >= 0.3 is 0 Å². The van der Waals surface area contributed by atoms with Gasteiger partial charge in [0.25, 0.3) is 0 Å². The van der Waals surface area contributed by atoms with Crippen molar-refractivity contribution >= 4 is 11.6 Å². The number of ether oxygens (including phenoxy) is 3. The normalized spacial score (nSPS) is 14.3. The Kier molecular flexibility index (Phi) is 7.41. The van der Waals surface area contributed by atoms with Gasteiger partial charge in [-0.2, -0.15) is 0 Å². The molecule has 1 saturated heterocycles. The zero-order valence-electron chi connectivity index (χ0n) is 18.3. The van der Waals surface area contributed by atoms with Gasteiger partial charge in [0.05, 0.1) is 27.9 Å². The average Bonchev–Trinajstić information content (AvgIpc) is 2.79. The van der Waals surface area contributed by atoms with Crippen LogP contribution in [-0.4, -0.2) is 76.8 Å². The minimum atomic E-state index is 0.0833. The van der Waals surface area contributed by atoms with Gasteiger partial charge in [-0.05, 0) is 24.3 Å². The molecule has 1 heterocycles. The van der Waals surface area contributed by atoms with E-state index < -0.39 is 0 Å². The average molecular weight is 414 g/mol. The fourth-order valence-corrected chi connectivity index (χ4v) is 3.75. The number of likely N-dealkylation sites (N-methyl/N-ethyl adjacent to an activating group) is 1. The molecule has 0 N–H and O–H groups in total. The zero-order chi connectivity index (χ0) is 21.5. The first-order valence-electron chi connectivity index (χ1n) is 10.1. The number of carbonyl (C=O) groups is 1. The summed E-state index contributed by atoms with van der Waals surface area (Å²) in [6, 6.07) is 14.1. The number of anilines is 1. The van der Waals surface area contributed by atoms with Crippen molar-refractivity contribution in [3.63, 3.8) is 0 Å². The summed E-state index contributed by atoms with van der Waals surface area (Å²) in [5.41, 5.74) is 2.11. The third-order valence-electron chi connectivity index (χ3n) is 5.47. The van der Waals surface area contributed by atoms with Crippen LogP contribution < -0.4 is 19.1 Å². The largest absolute Gasteiger partial charge is 0.493 e. The molecule has 0 aromatic heterocycles. The van der Waals surface area contributed by atoms with Gasteiger partial charge in [-0.1, -0.05) is 18.2 Å². The topological polar surface area (TPSA) is 54.5 Å². The van der Waals surface area contributed by atoms with Gasteiger partial charge in [0.1, 0.15) is 0 Å². The Hall–Kier alpha value is -2.93. The molecular weight excluding hydrogens is 382 g/mol. The predicted molar refractivity (Wildman–Crippen MR) is 118 cm³/mol. The molecule has 1 fully saturated rings. The molecule has 1 amide bonds. The van der Waals surface area contributed by atoms with Crippen LogP contribution in [0.2, 0.25) is 0 Å². The Balaban J connectivity index is 1.57. The van der Waals surface area contributed by atoms with Crippen molar-refractivity contribution in [3.05, 3.63) is 48.0 Å². The predicted octanol–water partition coefficient (Wildman–Crippen LogP) is 2.49. The molecule has 7 nitrogen and oxygen atoms in total. The quantitative estimate of drug-likeness (QED) is 0.663. The van der Waals surface area contributed by atoms with E-state index in [1.54, 1.807) is 26.2 Å². The lowest BCUT2D eigenvalue weighted by Gasteiger charge is -2.36. The number of methoxy groups -OCH3 is 3. The first-order chi connectivity index (χ1) is 14.6. The van der Waals surface area contributed by atoms with E-state index in [0.717, 1.165) is 31.7 Å². The highest BCUT2D eigenvalue weighted by Crippen LogP contribution is 2.40. The number of hydrogen-bond acceptors (Lipinski definition) is 6. The van der Waals surface area contributed by atoms with Gasteiger partial charge in [-0.25, -0.2) is 0 Å². The van der Waals surface area contributed by atoms with Crippen molar-refractivity contribution in [1.82, 2.24) is 9.80 Å². The molecule has 0 radical (unpaired) electrons. The molecule has 0 bridgehead atoms. The zero-order valence-corrected chi connectivity index (χ0v) is 18.3. The van der Waals surface area contributed by atoms with Crippen molar-refractivity contribution in [1.29, 1.82) is 0 Å². The minimum Gasteiger partial charge on any atom is -0.493 e. The lowest BCUT2D eigenvalue weighted by molar-refractivity contribution is -0.131. The van der Waals surface area contributed by atoms with Crippen LogP contribution in [0.25, 0.3) is 0 Å². The molecule has 2 aromatic carbocycles. The summed E-state index contributed by atoms with van der Waals surface area (Å²) < 4.78 is 16.3. The van der Waals surface area contributed by atoms with E-state index in [9.17, 15) is 4.79 Å². The van der Waals surface area contributed by atoms with E-state index in [-0.39, 0.29) is 5.91 Å². The van der Waals surface area contributed by atoms with Gasteiger partial charge in [-0.15, -0.1) is 0 Å². The van der Waals surface area contributed by atoms with Crippen molar-refractivity contribution in [2.45, 2.75) is 6.54 Å². The van der Waals surface area contributed by atoms with Crippen molar-refractivity contribution in [2.24, 2.45) is 0 Å². The summed E-state index contributed by atoms with van der Waals surface area (Å²) in [4.78, 5) is 19.1. The molecule has 0 aliphatic carbocycles. The maximum atomic E-state index is 12.8. The number of hydrogen-bond donors (Lipinski definition) is 0. The maximum absolute atomic E-state index is 12.8. The SMILES string of the molecule is COc1ccc(CN(C)C(=O)CN2CCN(c3ccccc3)CC2)c(OC)c1OC. The van der Waals surface area contributed by atoms with E-state index in [1.165, 1.54) is 5.69 Å². The van der Waals surface area contributed by atoms with Gasteiger partial charge in [0.2, 0.25) is 11.7 Å². The standard InChI is InChI=1S/C23H31N3O4/c1-24(16-18-10-11-20(28-2)23(30-4)22(18)29-3)21(27)17-25-12-14-26(15-13-25)19-8-6-5-7-9-19/h5-11H,12-17H2,1-4H3. The Bertz CT molecular complexity index is 836. The highest BCUT2D eigenvalue weighted by molar-refractivity contribution is 5.78. The van der Waals surface area contributed by atoms with E-state index >= 15 is 0 Å². The summed E-state index contributed by atoms with van der Waals surface area (Å²) in [6.07, 6.45) is 0. The summed E-state index contributed by atoms with van der Waals surface area (Å²) in [7, 11) is 6.58. The van der Waals surface area contributed by atoms with Gasteiger partial charge in [0, 0.05) is 51.0 Å². The lowest BCUT2D eigenvalue weighted by Crippen LogP contribution is -2.49. The van der Waals surface area contributed by atoms with E-state index in [0.29, 0.717) is 30.3 Å². The van der Waals surface area contributed by atoms with Crippen LogP contribution in [0.15, 0.2) is 42.5 Å². The van der Waals surface area contributed by atoms with Crippen LogP contribution >= 0.6 is 0 Å².